The van der Waals surface area contributed by atoms with E-state index in [1.54, 1.807) is 0 Å². The molecule has 0 spiro atoms. The quantitative estimate of drug-likeness (QED) is 0.482. The summed E-state index contributed by atoms with van der Waals surface area (Å²) >= 11 is 0. The Morgan fingerprint density at radius 2 is 2.33 bits per heavy atom. The molecule has 0 aromatic carbocycles. The maximum atomic E-state index is 8.55. The summed E-state index contributed by atoms with van der Waals surface area (Å²) in [6, 6.07) is 2.22. The third-order valence-corrected chi connectivity index (χ3v) is 2.18. The molecule has 1 rings (SSSR count). The fourth-order valence-corrected chi connectivity index (χ4v) is 1.22. The van der Waals surface area contributed by atoms with Crippen molar-refractivity contribution in [2.24, 2.45) is 5.92 Å². The van der Waals surface area contributed by atoms with Gasteiger partial charge in [-0.1, -0.05) is 12.5 Å². The molecule has 0 saturated carbocycles. The molecule has 0 fully saturated rings. The van der Waals surface area contributed by atoms with E-state index in [4.69, 9.17) is 5.26 Å². The molecule has 0 bridgehead atoms. The Kier molecular flexibility index (Phi) is 1.57. The van der Waals surface area contributed by atoms with Gasteiger partial charge in [0.2, 0.25) is 0 Å². The molecule has 1 nitrogen and oxygen atoms in total. The number of rotatable bonds is 0. The summed E-state index contributed by atoms with van der Waals surface area (Å²) in [4.78, 5) is 0. The molecule has 1 atom stereocenters. The van der Waals surface area contributed by atoms with E-state index in [-0.39, 0.29) is 0 Å². The topological polar surface area (TPSA) is 23.8 Å². The monoisotopic (exact) mass is 121 g/mol. The first-order valence-corrected chi connectivity index (χ1v) is 3.35. The first-order valence-electron chi connectivity index (χ1n) is 3.35. The third kappa shape index (κ3) is 0.977. The first kappa shape index (κ1) is 6.35. The molecule has 0 radical (unpaired) electrons. The fraction of sp³-hybridized carbons (Fsp3) is 0.625. The van der Waals surface area contributed by atoms with Gasteiger partial charge >= 0.3 is 0 Å². The van der Waals surface area contributed by atoms with Crippen molar-refractivity contribution in [3.63, 3.8) is 0 Å². The Morgan fingerprint density at radius 3 is 2.56 bits per heavy atom. The number of hydrogen-bond acceptors (Lipinski definition) is 1. The van der Waals surface area contributed by atoms with Gasteiger partial charge in [0.05, 0.1) is 6.07 Å². The molecule has 0 N–H and O–H groups in total. The number of hydrogen-bond donors (Lipinski definition) is 0. The molecule has 9 heavy (non-hydrogen) atoms. The maximum absolute atomic E-state index is 8.55. The van der Waals surface area contributed by atoms with Crippen LogP contribution in [0.3, 0.4) is 0 Å². The first-order chi connectivity index (χ1) is 4.25. The standard InChI is InChI=1S/C8H11N/c1-6-3-4-8(5-9)7(6)2/h6H,3-4H2,1-2H3/t6-/m1/s1. The second-order valence-electron chi connectivity index (χ2n) is 2.71. The van der Waals surface area contributed by atoms with Crippen molar-refractivity contribution in [3.05, 3.63) is 11.1 Å². The van der Waals surface area contributed by atoms with E-state index in [2.05, 4.69) is 19.9 Å². The summed E-state index contributed by atoms with van der Waals surface area (Å²) in [5.41, 5.74) is 2.32. The second-order valence-corrected chi connectivity index (χ2v) is 2.71. The molecule has 0 aliphatic heterocycles. The summed E-state index contributed by atoms with van der Waals surface area (Å²) in [7, 11) is 0. The SMILES string of the molecule is CC1=C(C#N)CC[C@H]1C. The molecule has 0 heterocycles. The van der Waals surface area contributed by atoms with Gasteiger partial charge in [0, 0.05) is 5.57 Å². The van der Waals surface area contributed by atoms with Gasteiger partial charge in [-0.3, -0.25) is 0 Å². The van der Waals surface area contributed by atoms with E-state index in [1.807, 2.05) is 0 Å². The largest absolute Gasteiger partial charge is 0.193 e. The Labute approximate surface area is 56.0 Å². The summed E-state index contributed by atoms with van der Waals surface area (Å²) in [5.74, 6) is 0.652. The van der Waals surface area contributed by atoms with Gasteiger partial charge in [-0.25, -0.2) is 0 Å². The van der Waals surface area contributed by atoms with Crippen LogP contribution in [0.2, 0.25) is 0 Å². The van der Waals surface area contributed by atoms with Crippen LogP contribution in [0.1, 0.15) is 26.7 Å². The van der Waals surface area contributed by atoms with Crippen molar-refractivity contribution in [1.29, 1.82) is 5.26 Å². The molecule has 0 unspecified atom stereocenters. The minimum absolute atomic E-state index is 0.652. The Hall–Kier alpha value is -0.770. The van der Waals surface area contributed by atoms with E-state index in [0.717, 1.165) is 12.0 Å². The number of nitrogens with zero attached hydrogens (tertiary/aromatic N) is 1. The molecule has 1 heteroatoms. The zero-order valence-corrected chi connectivity index (χ0v) is 5.94. The normalized spacial score (nSPS) is 26.6. The van der Waals surface area contributed by atoms with Crippen LogP contribution in [0.4, 0.5) is 0 Å². The number of nitriles is 1. The van der Waals surface area contributed by atoms with Gasteiger partial charge in [-0.05, 0) is 25.7 Å². The van der Waals surface area contributed by atoms with E-state index >= 15 is 0 Å². The lowest BCUT2D eigenvalue weighted by atomic mass is 10.1. The van der Waals surface area contributed by atoms with Gasteiger partial charge in [-0.2, -0.15) is 5.26 Å². The minimum atomic E-state index is 0.652. The summed E-state index contributed by atoms with van der Waals surface area (Å²) in [5, 5.41) is 8.55. The summed E-state index contributed by atoms with van der Waals surface area (Å²) < 4.78 is 0. The molecule has 0 aromatic heterocycles. The summed E-state index contributed by atoms with van der Waals surface area (Å²) in [6.45, 7) is 4.25. The van der Waals surface area contributed by atoms with E-state index in [0.29, 0.717) is 5.92 Å². The van der Waals surface area contributed by atoms with Crippen LogP contribution in [0.5, 0.6) is 0 Å². The van der Waals surface area contributed by atoms with Crippen LogP contribution >= 0.6 is 0 Å². The van der Waals surface area contributed by atoms with Crippen LogP contribution in [-0.4, -0.2) is 0 Å². The van der Waals surface area contributed by atoms with Crippen molar-refractivity contribution in [3.8, 4) is 6.07 Å². The van der Waals surface area contributed by atoms with Crippen LogP contribution in [0, 0.1) is 17.2 Å². The average molecular weight is 121 g/mol. The van der Waals surface area contributed by atoms with Gasteiger partial charge in [0.1, 0.15) is 0 Å². The molecule has 1 aliphatic carbocycles. The lowest BCUT2D eigenvalue weighted by molar-refractivity contribution is 0.669. The molecule has 1 aliphatic rings. The highest BCUT2D eigenvalue weighted by Crippen LogP contribution is 2.30. The lowest BCUT2D eigenvalue weighted by Gasteiger charge is -1.99. The smallest absolute Gasteiger partial charge is 0.0946 e. The Morgan fingerprint density at radius 1 is 1.67 bits per heavy atom. The molecular formula is C8H11N. The van der Waals surface area contributed by atoms with Gasteiger partial charge in [-0.15, -0.1) is 0 Å². The van der Waals surface area contributed by atoms with Gasteiger partial charge < -0.3 is 0 Å². The maximum Gasteiger partial charge on any atom is 0.0946 e. The predicted octanol–water partition coefficient (Wildman–Crippen LogP) is 2.26. The van der Waals surface area contributed by atoms with Crippen LogP contribution in [0.25, 0.3) is 0 Å². The van der Waals surface area contributed by atoms with E-state index < -0.39 is 0 Å². The predicted molar refractivity (Wildman–Crippen MR) is 36.7 cm³/mol. The molecule has 0 aromatic rings. The highest BCUT2D eigenvalue weighted by molar-refractivity contribution is 5.31. The molecule has 48 valence electrons. The van der Waals surface area contributed by atoms with Crippen LogP contribution < -0.4 is 0 Å². The van der Waals surface area contributed by atoms with E-state index in [1.165, 1.54) is 12.0 Å². The summed E-state index contributed by atoms with van der Waals surface area (Å²) in [6.07, 6.45) is 2.18. The Bertz CT molecular complexity index is 183. The lowest BCUT2D eigenvalue weighted by Crippen LogP contribution is -1.86. The van der Waals surface area contributed by atoms with E-state index in [9.17, 15) is 0 Å². The highest BCUT2D eigenvalue weighted by Gasteiger charge is 2.16. The minimum Gasteiger partial charge on any atom is -0.193 e. The van der Waals surface area contributed by atoms with Crippen molar-refractivity contribution >= 4 is 0 Å². The highest BCUT2D eigenvalue weighted by atomic mass is 14.3. The van der Waals surface area contributed by atoms with Gasteiger partial charge in [0.15, 0.2) is 0 Å². The average Bonchev–Trinajstić information content (AvgIpc) is 2.15. The fourth-order valence-electron chi connectivity index (χ4n) is 1.22. The molecule has 0 amide bonds. The van der Waals surface area contributed by atoms with Crippen molar-refractivity contribution in [1.82, 2.24) is 0 Å². The van der Waals surface area contributed by atoms with Crippen molar-refractivity contribution in [2.45, 2.75) is 26.7 Å². The van der Waals surface area contributed by atoms with Crippen LogP contribution in [0.15, 0.2) is 11.1 Å². The van der Waals surface area contributed by atoms with Gasteiger partial charge in [0.25, 0.3) is 0 Å². The number of allylic oxidation sites excluding steroid dienone is 2. The van der Waals surface area contributed by atoms with Crippen molar-refractivity contribution in [2.75, 3.05) is 0 Å². The molecular weight excluding hydrogens is 110 g/mol. The second kappa shape index (κ2) is 2.23. The third-order valence-electron chi connectivity index (χ3n) is 2.18. The zero-order chi connectivity index (χ0) is 6.85. The zero-order valence-electron chi connectivity index (χ0n) is 5.94. The van der Waals surface area contributed by atoms with Crippen LogP contribution in [-0.2, 0) is 0 Å². The Balaban J connectivity index is 2.83. The molecule has 0 saturated heterocycles. The van der Waals surface area contributed by atoms with Crippen molar-refractivity contribution < 1.29 is 0 Å².